The maximum atomic E-state index is 11.7. The Hall–Kier alpha value is -2.49. The molecule has 1 fully saturated rings. The summed E-state index contributed by atoms with van der Waals surface area (Å²) in [6.45, 7) is 0.0505. The standard InChI is InChI=1S/C11H14N4O6/c16-10(6-14-4-3-9(13-14)15(19)20)12-5-7-1-2-8(21-7)11(17)18/h3-4,7-8H,1-2,5-6H2,(H,12,16)(H,17,18). The lowest BCUT2D eigenvalue weighted by molar-refractivity contribution is -0.389. The minimum atomic E-state index is -1.01. The number of nitrogens with zero attached hydrogens (tertiary/aromatic N) is 3. The SMILES string of the molecule is O=C(Cn1ccc([N+](=O)[O-])n1)NCC1CCC(C(=O)O)O1. The van der Waals surface area contributed by atoms with Gasteiger partial charge < -0.3 is 25.3 Å². The number of carbonyl (C=O) groups is 2. The number of carboxylic acid groups (broad SMARTS) is 1. The van der Waals surface area contributed by atoms with Crippen LogP contribution in [0.1, 0.15) is 12.8 Å². The topological polar surface area (TPSA) is 137 Å². The Kier molecular flexibility index (Phi) is 4.48. The van der Waals surface area contributed by atoms with E-state index in [0.29, 0.717) is 12.8 Å². The summed E-state index contributed by atoms with van der Waals surface area (Å²) in [7, 11) is 0. The average molecular weight is 298 g/mol. The third-order valence-corrected chi connectivity index (χ3v) is 3.03. The molecule has 1 aliphatic rings. The van der Waals surface area contributed by atoms with Crippen molar-refractivity contribution in [1.82, 2.24) is 15.1 Å². The lowest BCUT2D eigenvalue weighted by Gasteiger charge is -2.11. The molecule has 1 amide bonds. The lowest BCUT2D eigenvalue weighted by atomic mass is 10.2. The van der Waals surface area contributed by atoms with Gasteiger partial charge >= 0.3 is 11.8 Å². The van der Waals surface area contributed by atoms with Gasteiger partial charge in [-0.25, -0.2) is 4.79 Å². The van der Waals surface area contributed by atoms with Gasteiger partial charge in [0.05, 0.1) is 23.5 Å². The second-order valence-corrected chi connectivity index (χ2v) is 4.60. The van der Waals surface area contributed by atoms with Gasteiger partial charge in [0.25, 0.3) is 0 Å². The van der Waals surface area contributed by atoms with Crippen molar-refractivity contribution in [3.05, 3.63) is 22.4 Å². The number of nitro groups is 1. The molecule has 0 aromatic carbocycles. The van der Waals surface area contributed by atoms with E-state index in [1.54, 1.807) is 0 Å². The second-order valence-electron chi connectivity index (χ2n) is 4.60. The fourth-order valence-electron chi connectivity index (χ4n) is 2.00. The normalized spacial score (nSPS) is 21.1. The van der Waals surface area contributed by atoms with E-state index in [2.05, 4.69) is 10.4 Å². The summed E-state index contributed by atoms with van der Waals surface area (Å²) in [5.41, 5.74) is 0. The molecule has 21 heavy (non-hydrogen) atoms. The van der Waals surface area contributed by atoms with Crippen molar-refractivity contribution in [2.75, 3.05) is 6.54 Å². The maximum Gasteiger partial charge on any atom is 0.389 e. The molecular formula is C11H14N4O6. The Morgan fingerprint density at radius 3 is 2.90 bits per heavy atom. The van der Waals surface area contributed by atoms with Crippen molar-refractivity contribution >= 4 is 17.7 Å². The molecule has 10 nitrogen and oxygen atoms in total. The maximum absolute atomic E-state index is 11.7. The summed E-state index contributed by atoms with van der Waals surface area (Å²) in [6, 6.07) is 1.20. The van der Waals surface area contributed by atoms with Gasteiger partial charge in [0.1, 0.15) is 6.54 Å². The van der Waals surface area contributed by atoms with E-state index in [1.807, 2.05) is 0 Å². The molecule has 1 aromatic heterocycles. The zero-order valence-corrected chi connectivity index (χ0v) is 11.0. The van der Waals surface area contributed by atoms with Gasteiger partial charge in [0.15, 0.2) is 6.10 Å². The molecular weight excluding hydrogens is 284 g/mol. The zero-order chi connectivity index (χ0) is 15.4. The molecule has 2 unspecified atom stereocenters. The first-order valence-corrected chi connectivity index (χ1v) is 6.28. The number of hydrogen-bond acceptors (Lipinski definition) is 6. The molecule has 0 spiro atoms. The highest BCUT2D eigenvalue weighted by atomic mass is 16.6. The van der Waals surface area contributed by atoms with Gasteiger partial charge in [-0.05, 0) is 17.8 Å². The van der Waals surface area contributed by atoms with Crippen LogP contribution in [0.15, 0.2) is 12.3 Å². The Bertz CT molecular complexity index is 557. The van der Waals surface area contributed by atoms with Crippen LogP contribution in [-0.4, -0.2) is 50.4 Å². The summed E-state index contributed by atoms with van der Waals surface area (Å²) >= 11 is 0. The molecule has 1 aromatic rings. The van der Waals surface area contributed by atoms with Gasteiger partial charge in [-0.15, -0.1) is 0 Å². The number of nitrogens with one attached hydrogen (secondary N) is 1. The summed E-state index contributed by atoms with van der Waals surface area (Å²) < 4.78 is 6.39. The van der Waals surface area contributed by atoms with E-state index in [-0.39, 0.29) is 30.9 Å². The van der Waals surface area contributed by atoms with Gasteiger partial charge in [0.2, 0.25) is 5.91 Å². The van der Waals surface area contributed by atoms with Gasteiger partial charge in [-0.2, -0.15) is 4.68 Å². The van der Waals surface area contributed by atoms with Crippen LogP contribution in [0, 0.1) is 10.1 Å². The van der Waals surface area contributed by atoms with E-state index in [0.717, 1.165) is 4.68 Å². The van der Waals surface area contributed by atoms with Crippen LogP contribution >= 0.6 is 0 Å². The molecule has 2 atom stereocenters. The van der Waals surface area contributed by atoms with Crippen molar-refractivity contribution in [3.8, 4) is 0 Å². The van der Waals surface area contributed by atoms with Gasteiger partial charge in [-0.1, -0.05) is 0 Å². The van der Waals surface area contributed by atoms with E-state index in [9.17, 15) is 19.7 Å². The first-order valence-electron chi connectivity index (χ1n) is 6.28. The number of hydrogen-bond donors (Lipinski definition) is 2. The Morgan fingerprint density at radius 2 is 2.33 bits per heavy atom. The number of amides is 1. The summed E-state index contributed by atoms with van der Waals surface area (Å²) in [6.07, 6.45) is 1.17. The van der Waals surface area contributed by atoms with Crippen LogP contribution in [0.5, 0.6) is 0 Å². The quantitative estimate of drug-likeness (QED) is 0.535. The number of ether oxygens (including phenoxy) is 1. The Morgan fingerprint density at radius 1 is 1.57 bits per heavy atom. The van der Waals surface area contributed by atoms with Gasteiger partial charge in [0, 0.05) is 6.54 Å². The first-order chi connectivity index (χ1) is 9.95. The average Bonchev–Trinajstić information content (AvgIpc) is 3.05. The molecule has 2 rings (SSSR count). The van der Waals surface area contributed by atoms with E-state index < -0.39 is 17.0 Å². The molecule has 0 saturated carbocycles. The highest BCUT2D eigenvalue weighted by molar-refractivity contribution is 5.75. The second kappa shape index (κ2) is 6.31. The first kappa shape index (κ1) is 14.9. The van der Waals surface area contributed by atoms with Crippen LogP contribution < -0.4 is 5.32 Å². The smallest absolute Gasteiger partial charge is 0.389 e. The lowest BCUT2D eigenvalue weighted by Crippen LogP contribution is -2.35. The van der Waals surface area contributed by atoms with Crippen molar-refractivity contribution in [2.24, 2.45) is 0 Å². The molecule has 1 aliphatic heterocycles. The zero-order valence-electron chi connectivity index (χ0n) is 11.0. The van der Waals surface area contributed by atoms with Crippen molar-refractivity contribution in [2.45, 2.75) is 31.6 Å². The van der Waals surface area contributed by atoms with Crippen molar-refractivity contribution in [1.29, 1.82) is 0 Å². The number of aromatic nitrogens is 2. The summed E-state index contributed by atoms with van der Waals surface area (Å²) in [5, 5.41) is 25.4. The number of carbonyl (C=O) groups excluding carboxylic acids is 1. The number of aliphatic carboxylic acids is 1. The third-order valence-electron chi connectivity index (χ3n) is 3.03. The Balaban J connectivity index is 1.75. The third kappa shape index (κ3) is 3.99. The summed E-state index contributed by atoms with van der Waals surface area (Å²) in [5.74, 6) is -1.71. The van der Waals surface area contributed by atoms with E-state index in [1.165, 1.54) is 12.3 Å². The van der Waals surface area contributed by atoms with Gasteiger partial charge in [-0.3, -0.25) is 4.79 Å². The number of carboxylic acids is 1. The minimum absolute atomic E-state index is 0.150. The molecule has 2 N–H and O–H groups in total. The molecule has 10 heteroatoms. The molecule has 114 valence electrons. The predicted octanol–water partition coefficient (Wildman–Crippen LogP) is -0.460. The predicted molar refractivity (Wildman–Crippen MR) is 67.4 cm³/mol. The molecule has 1 saturated heterocycles. The number of rotatable bonds is 6. The fourth-order valence-corrected chi connectivity index (χ4v) is 2.00. The minimum Gasteiger partial charge on any atom is -0.479 e. The van der Waals surface area contributed by atoms with Crippen LogP contribution in [0.4, 0.5) is 5.82 Å². The largest absolute Gasteiger partial charge is 0.479 e. The highest BCUT2D eigenvalue weighted by Crippen LogP contribution is 2.19. The van der Waals surface area contributed by atoms with Crippen molar-refractivity contribution in [3.63, 3.8) is 0 Å². The molecule has 0 bridgehead atoms. The van der Waals surface area contributed by atoms with Crippen LogP contribution in [-0.2, 0) is 20.9 Å². The monoisotopic (exact) mass is 298 g/mol. The molecule has 2 heterocycles. The van der Waals surface area contributed by atoms with Crippen molar-refractivity contribution < 1.29 is 24.4 Å². The van der Waals surface area contributed by atoms with Crippen LogP contribution in [0.25, 0.3) is 0 Å². The van der Waals surface area contributed by atoms with Crippen LogP contribution in [0.3, 0.4) is 0 Å². The van der Waals surface area contributed by atoms with E-state index >= 15 is 0 Å². The van der Waals surface area contributed by atoms with Crippen LogP contribution in [0.2, 0.25) is 0 Å². The fraction of sp³-hybridized carbons (Fsp3) is 0.545. The highest BCUT2D eigenvalue weighted by Gasteiger charge is 2.30. The van der Waals surface area contributed by atoms with E-state index in [4.69, 9.17) is 9.84 Å². The Labute approximate surface area is 118 Å². The molecule has 0 radical (unpaired) electrons. The molecule has 0 aliphatic carbocycles. The summed E-state index contributed by atoms with van der Waals surface area (Å²) in [4.78, 5) is 32.2.